The second-order valence-electron chi connectivity index (χ2n) is 5.20. The minimum Gasteiger partial charge on any atom is -0.469 e. The molecular formula is C17H21NO3. The molecule has 0 aliphatic carbocycles. The molecule has 112 valence electrons. The number of nitrogens with zero attached hydrogens (tertiary/aromatic N) is 1. The van der Waals surface area contributed by atoms with Gasteiger partial charge in [0.25, 0.3) is 0 Å². The minimum absolute atomic E-state index is 0.212. The number of methoxy groups -OCH3 is 1. The van der Waals surface area contributed by atoms with E-state index >= 15 is 0 Å². The summed E-state index contributed by atoms with van der Waals surface area (Å²) in [6.07, 6.45) is 2.02. The first-order chi connectivity index (χ1) is 10.1. The number of esters is 1. The average molecular weight is 287 g/mol. The molecule has 0 unspecified atom stereocenters. The van der Waals surface area contributed by atoms with Crippen LogP contribution in [0.2, 0.25) is 0 Å². The number of hydrogen-bond donors (Lipinski definition) is 0. The first kappa shape index (κ1) is 15.3. The highest BCUT2D eigenvalue weighted by atomic mass is 16.5. The molecule has 4 nitrogen and oxygen atoms in total. The number of aryl methyl sites for hydroxylation is 1. The zero-order valence-corrected chi connectivity index (χ0v) is 12.8. The summed E-state index contributed by atoms with van der Waals surface area (Å²) >= 11 is 0. The minimum atomic E-state index is -0.212. The quantitative estimate of drug-likeness (QED) is 0.766. The summed E-state index contributed by atoms with van der Waals surface area (Å²) in [6.45, 7) is 3.56. The Bertz CT molecular complexity index is 604. The number of benzene rings is 1. The van der Waals surface area contributed by atoms with Crippen molar-refractivity contribution in [1.29, 1.82) is 0 Å². The summed E-state index contributed by atoms with van der Waals surface area (Å²) < 4.78 is 10.1. The average Bonchev–Trinajstić information content (AvgIpc) is 2.86. The van der Waals surface area contributed by atoms with Crippen molar-refractivity contribution in [3.63, 3.8) is 0 Å². The molecule has 0 atom stereocenters. The van der Waals surface area contributed by atoms with Gasteiger partial charge < -0.3 is 9.15 Å². The number of furan rings is 1. The Morgan fingerprint density at radius 3 is 2.43 bits per heavy atom. The molecule has 0 aliphatic heterocycles. The van der Waals surface area contributed by atoms with E-state index in [1.165, 1.54) is 12.7 Å². The van der Waals surface area contributed by atoms with E-state index in [2.05, 4.69) is 18.0 Å². The van der Waals surface area contributed by atoms with Crippen LogP contribution >= 0.6 is 0 Å². The highest BCUT2D eigenvalue weighted by Gasteiger charge is 2.11. The molecule has 0 fully saturated rings. The zero-order valence-electron chi connectivity index (χ0n) is 12.8. The van der Waals surface area contributed by atoms with Crippen molar-refractivity contribution in [1.82, 2.24) is 4.90 Å². The molecule has 1 aromatic carbocycles. The van der Waals surface area contributed by atoms with Crippen molar-refractivity contribution >= 4 is 5.97 Å². The van der Waals surface area contributed by atoms with Gasteiger partial charge in [-0.05, 0) is 31.2 Å². The lowest BCUT2D eigenvalue weighted by Gasteiger charge is -2.18. The molecule has 4 heteroatoms. The van der Waals surface area contributed by atoms with Crippen molar-refractivity contribution in [2.24, 2.45) is 0 Å². The van der Waals surface area contributed by atoms with E-state index in [0.717, 1.165) is 30.0 Å². The molecular weight excluding hydrogens is 266 g/mol. The van der Waals surface area contributed by atoms with Crippen LogP contribution in [0.3, 0.4) is 0 Å². The lowest BCUT2D eigenvalue weighted by atomic mass is 10.0. The van der Waals surface area contributed by atoms with Gasteiger partial charge >= 0.3 is 5.97 Å². The highest BCUT2D eigenvalue weighted by Crippen LogP contribution is 2.16. The molecule has 0 aliphatic rings. The monoisotopic (exact) mass is 287 g/mol. The standard InChI is InChI=1S/C17H21NO3/c1-13-15(8-9-21-13)11-18(2)12-16-7-5-4-6-14(16)10-17(19)20-3/h4-9H,10-12H2,1-3H3. The normalized spacial score (nSPS) is 10.9. The fraction of sp³-hybridized carbons (Fsp3) is 0.353. The van der Waals surface area contributed by atoms with Gasteiger partial charge in [-0.3, -0.25) is 9.69 Å². The largest absolute Gasteiger partial charge is 0.469 e. The van der Waals surface area contributed by atoms with Crippen LogP contribution in [0.4, 0.5) is 0 Å². The van der Waals surface area contributed by atoms with Crippen LogP contribution in [0.5, 0.6) is 0 Å². The van der Waals surface area contributed by atoms with Gasteiger partial charge in [0.15, 0.2) is 0 Å². The third kappa shape index (κ3) is 4.20. The van der Waals surface area contributed by atoms with Crippen LogP contribution in [0, 0.1) is 6.92 Å². The summed E-state index contributed by atoms with van der Waals surface area (Å²) in [4.78, 5) is 13.7. The summed E-state index contributed by atoms with van der Waals surface area (Å²) in [5.41, 5.74) is 3.34. The van der Waals surface area contributed by atoms with E-state index in [1.54, 1.807) is 6.26 Å². The smallest absolute Gasteiger partial charge is 0.309 e. The van der Waals surface area contributed by atoms with Gasteiger partial charge in [0.2, 0.25) is 0 Å². The van der Waals surface area contributed by atoms with Crippen molar-refractivity contribution < 1.29 is 13.9 Å². The number of ether oxygens (including phenoxy) is 1. The number of rotatable bonds is 6. The fourth-order valence-corrected chi connectivity index (χ4v) is 2.32. The van der Waals surface area contributed by atoms with E-state index in [0.29, 0.717) is 6.42 Å². The van der Waals surface area contributed by atoms with Crippen LogP contribution in [0.1, 0.15) is 22.5 Å². The van der Waals surface area contributed by atoms with E-state index in [4.69, 9.17) is 9.15 Å². The van der Waals surface area contributed by atoms with Crippen LogP contribution < -0.4 is 0 Å². The van der Waals surface area contributed by atoms with Crippen molar-refractivity contribution in [3.05, 3.63) is 59.0 Å². The Kier molecular flexibility index (Phi) is 5.17. The summed E-state index contributed by atoms with van der Waals surface area (Å²) in [5.74, 6) is 0.737. The second-order valence-corrected chi connectivity index (χ2v) is 5.20. The number of carbonyl (C=O) groups is 1. The first-order valence-electron chi connectivity index (χ1n) is 6.95. The molecule has 0 saturated carbocycles. The highest BCUT2D eigenvalue weighted by molar-refractivity contribution is 5.72. The molecule has 21 heavy (non-hydrogen) atoms. The van der Waals surface area contributed by atoms with Gasteiger partial charge in [-0.2, -0.15) is 0 Å². The number of hydrogen-bond acceptors (Lipinski definition) is 4. The number of carbonyl (C=O) groups excluding carboxylic acids is 1. The summed E-state index contributed by atoms with van der Waals surface area (Å²) in [6, 6.07) is 9.96. The van der Waals surface area contributed by atoms with E-state index in [1.807, 2.05) is 31.2 Å². The first-order valence-corrected chi connectivity index (χ1v) is 6.95. The predicted molar refractivity (Wildman–Crippen MR) is 80.8 cm³/mol. The maximum atomic E-state index is 11.5. The zero-order chi connectivity index (χ0) is 15.2. The molecule has 0 radical (unpaired) electrons. The topological polar surface area (TPSA) is 42.7 Å². The lowest BCUT2D eigenvalue weighted by Crippen LogP contribution is -2.19. The summed E-state index contributed by atoms with van der Waals surface area (Å²) in [5, 5.41) is 0. The maximum absolute atomic E-state index is 11.5. The van der Waals surface area contributed by atoms with E-state index in [-0.39, 0.29) is 5.97 Å². The third-order valence-corrected chi connectivity index (χ3v) is 3.53. The van der Waals surface area contributed by atoms with Crippen molar-refractivity contribution in [3.8, 4) is 0 Å². The van der Waals surface area contributed by atoms with E-state index in [9.17, 15) is 4.79 Å². The molecule has 0 N–H and O–H groups in total. The second kappa shape index (κ2) is 7.09. The molecule has 0 amide bonds. The van der Waals surface area contributed by atoms with Gasteiger partial charge in [-0.15, -0.1) is 0 Å². The molecule has 1 heterocycles. The van der Waals surface area contributed by atoms with Crippen LogP contribution in [-0.4, -0.2) is 25.0 Å². The third-order valence-electron chi connectivity index (χ3n) is 3.53. The van der Waals surface area contributed by atoms with Crippen molar-refractivity contribution in [2.45, 2.75) is 26.4 Å². The molecule has 1 aromatic heterocycles. The van der Waals surface area contributed by atoms with Gasteiger partial charge in [0, 0.05) is 18.7 Å². The van der Waals surface area contributed by atoms with Gasteiger partial charge in [0.05, 0.1) is 19.8 Å². The van der Waals surface area contributed by atoms with Crippen LogP contribution in [-0.2, 0) is 29.0 Å². The Morgan fingerprint density at radius 1 is 1.14 bits per heavy atom. The van der Waals surface area contributed by atoms with Gasteiger partial charge in [-0.1, -0.05) is 24.3 Å². The van der Waals surface area contributed by atoms with Crippen molar-refractivity contribution in [2.75, 3.05) is 14.2 Å². The van der Waals surface area contributed by atoms with E-state index < -0.39 is 0 Å². The SMILES string of the molecule is COC(=O)Cc1ccccc1CN(C)Cc1ccoc1C. The van der Waals surface area contributed by atoms with Crippen LogP contribution in [0.15, 0.2) is 41.0 Å². The Hall–Kier alpha value is -2.07. The van der Waals surface area contributed by atoms with Crippen LogP contribution in [0.25, 0.3) is 0 Å². The fourth-order valence-electron chi connectivity index (χ4n) is 2.32. The molecule has 0 spiro atoms. The van der Waals surface area contributed by atoms with Gasteiger partial charge in [-0.25, -0.2) is 0 Å². The molecule has 0 saturated heterocycles. The lowest BCUT2D eigenvalue weighted by molar-refractivity contribution is -0.139. The Morgan fingerprint density at radius 2 is 1.81 bits per heavy atom. The summed E-state index contributed by atoms with van der Waals surface area (Å²) in [7, 11) is 3.47. The molecule has 2 rings (SSSR count). The maximum Gasteiger partial charge on any atom is 0.309 e. The Balaban J connectivity index is 2.05. The molecule has 0 bridgehead atoms. The van der Waals surface area contributed by atoms with Gasteiger partial charge in [0.1, 0.15) is 5.76 Å². The predicted octanol–water partition coefficient (Wildman–Crippen LogP) is 2.94. The Labute approximate surface area is 125 Å². The molecule has 2 aromatic rings.